The normalized spacial score (nSPS) is 17.4. The minimum atomic E-state index is -0.0693. The second-order valence-electron chi connectivity index (χ2n) is 7.59. The van der Waals surface area contributed by atoms with E-state index in [1.165, 1.54) is 0 Å². The van der Waals surface area contributed by atoms with E-state index in [-0.39, 0.29) is 12.1 Å². The maximum atomic E-state index is 9.42. The lowest BCUT2D eigenvalue weighted by Crippen LogP contribution is -2.52. The SMILES string of the molecule is CN=C(NCC(C)Oc1ccccc1OC)NC1CCCN(c2ccccc2C#N)C1. The summed E-state index contributed by atoms with van der Waals surface area (Å²) in [7, 11) is 3.41. The highest BCUT2D eigenvalue weighted by Crippen LogP contribution is 2.26. The Balaban J connectivity index is 1.53. The molecule has 0 amide bonds. The van der Waals surface area contributed by atoms with Gasteiger partial charge in [-0.1, -0.05) is 24.3 Å². The summed E-state index contributed by atoms with van der Waals surface area (Å²) in [6, 6.07) is 18.0. The lowest BCUT2D eigenvalue weighted by molar-refractivity contribution is 0.213. The molecular formula is C24H31N5O2. The van der Waals surface area contributed by atoms with Gasteiger partial charge in [0.15, 0.2) is 17.5 Å². The van der Waals surface area contributed by atoms with Gasteiger partial charge >= 0.3 is 0 Å². The summed E-state index contributed by atoms with van der Waals surface area (Å²) >= 11 is 0. The molecule has 164 valence electrons. The summed E-state index contributed by atoms with van der Waals surface area (Å²) in [6.07, 6.45) is 2.04. The Bertz CT molecular complexity index is 924. The molecule has 31 heavy (non-hydrogen) atoms. The van der Waals surface area contributed by atoms with Gasteiger partial charge in [0, 0.05) is 26.2 Å². The Morgan fingerprint density at radius 3 is 2.71 bits per heavy atom. The molecule has 2 atom stereocenters. The molecule has 2 unspecified atom stereocenters. The van der Waals surface area contributed by atoms with Crippen molar-refractivity contribution in [2.24, 2.45) is 4.99 Å². The van der Waals surface area contributed by atoms with Crippen molar-refractivity contribution in [1.29, 1.82) is 5.26 Å². The van der Waals surface area contributed by atoms with Crippen molar-refractivity contribution in [3.63, 3.8) is 0 Å². The average molecular weight is 422 g/mol. The van der Waals surface area contributed by atoms with Crippen LogP contribution in [0.5, 0.6) is 11.5 Å². The van der Waals surface area contributed by atoms with Crippen molar-refractivity contribution < 1.29 is 9.47 Å². The summed E-state index contributed by atoms with van der Waals surface area (Å²) in [4.78, 5) is 6.65. The summed E-state index contributed by atoms with van der Waals surface area (Å²) in [5, 5.41) is 16.3. The zero-order chi connectivity index (χ0) is 22.1. The van der Waals surface area contributed by atoms with E-state index in [2.05, 4.69) is 26.6 Å². The lowest BCUT2D eigenvalue weighted by atomic mass is 10.0. The number of nitrogens with one attached hydrogen (secondary N) is 2. The zero-order valence-corrected chi connectivity index (χ0v) is 18.5. The zero-order valence-electron chi connectivity index (χ0n) is 18.5. The molecule has 0 aromatic heterocycles. The van der Waals surface area contributed by atoms with Crippen LogP contribution in [-0.4, -0.2) is 51.9 Å². The highest BCUT2D eigenvalue weighted by atomic mass is 16.5. The molecule has 0 saturated carbocycles. The van der Waals surface area contributed by atoms with E-state index < -0.39 is 0 Å². The van der Waals surface area contributed by atoms with Crippen molar-refractivity contribution >= 4 is 11.6 Å². The molecule has 1 saturated heterocycles. The fourth-order valence-electron chi connectivity index (χ4n) is 3.76. The van der Waals surface area contributed by atoms with Crippen molar-refractivity contribution in [3.05, 3.63) is 54.1 Å². The third kappa shape index (κ3) is 6.05. The van der Waals surface area contributed by atoms with Gasteiger partial charge in [-0.05, 0) is 44.0 Å². The quantitative estimate of drug-likeness (QED) is 0.528. The van der Waals surface area contributed by atoms with E-state index in [0.717, 1.165) is 49.1 Å². The predicted octanol–water partition coefficient (Wildman–Crippen LogP) is 3.17. The topological polar surface area (TPSA) is 81.9 Å². The second kappa shape index (κ2) is 11.1. The Kier molecular flexibility index (Phi) is 7.99. The fraction of sp³-hybridized carbons (Fsp3) is 0.417. The fourth-order valence-corrected chi connectivity index (χ4v) is 3.76. The van der Waals surface area contributed by atoms with Gasteiger partial charge in [-0.2, -0.15) is 5.26 Å². The summed E-state index contributed by atoms with van der Waals surface area (Å²) in [5.41, 5.74) is 1.71. The van der Waals surface area contributed by atoms with Crippen LogP contribution in [0.1, 0.15) is 25.3 Å². The minimum Gasteiger partial charge on any atom is -0.493 e. The summed E-state index contributed by atoms with van der Waals surface area (Å²) in [6.45, 7) is 4.39. The molecule has 2 aromatic rings. The number of anilines is 1. The number of piperidine rings is 1. The Morgan fingerprint density at radius 1 is 1.23 bits per heavy atom. The van der Waals surface area contributed by atoms with Crippen molar-refractivity contribution in [2.75, 3.05) is 38.7 Å². The molecule has 2 aromatic carbocycles. The number of para-hydroxylation sites is 3. The van der Waals surface area contributed by atoms with Crippen LogP contribution < -0.4 is 25.0 Å². The van der Waals surface area contributed by atoms with E-state index in [9.17, 15) is 5.26 Å². The van der Waals surface area contributed by atoms with Crippen LogP contribution >= 0.6 is 0 Å². The largest absolute Gasteiger partial charge is 0.493 e. The number of nitrogens with zero attached hydrogens (tertiary/aromatic N) is 3. The molecule has 1 heterocycles. The molecule has 1 aliphatic heterocycles. The van der Waals surface area contributed by atoms with E-state index in [1.54, 1.807) is 14.2 Å². The van der Waals surface area contributed by atoms with Crippen LogP contribution in [-0.2, 0) is 0 Å². The first-order chi connectivity index (χ1) is 15.1. The smallest absolute Gasteiger partial charge is 0.191 e. The van der Waals surface area contributed by atoms with Crippen LogP contribution in [0.2, 0.25) is 0 Å². The Morgan fingerprint density at radius 2 is 1.97 bits per heavy atom. The molecule has 0 bridgehead atoms. The van der Waals surface area contributed by atoms with Crippen LogP contribution in [0.4, 0.5) is 5.69 Å². The summed E-state index contributed by atoms with van der Waals surface area (Å²) < 4.78 is 11.4. The molecule has 0 aliphatic carbocycles. The number of rotatable bonds is 7. The first kappa shape index (κ1) is 22.3. The number of methoxy groups -OCH3 is 1. The monoisotopic (exact) mass is 421 g/mol. The first-order valence-corrected chi connectivity index (χ1v) is 10.7. The van der Waals surface area contributed by atoms with Gasteiger partial charge < -0.3 is 25.0 Å². The molecule has 0 spiro atoms. The van der Waals surface area contributed by atoms with Crippen molar-refractivity contribution in [2.45, 2.75) is 31.9 Å². The molecular weight excluding hydrogens is 390 g/mol. The van der Waals surface area contributed by atoms with Gasteiger partial charge in [0.2, 0.25) is 0 Å². The predicted molar refractivity (Wildman–Crippen MR) is 124 cm³/mol. The van der Waals surface area contributed by atoms with Gasteiger partial charge in [-0.25, -0.2) is 0 Å². The molecule has 7 nitrogen and oxygen atoms in total. The van der Waals surface area contributed by atoms with Gasteiger partial charge in [0.1, 0.15) is 12.2 Å². The van der Waals surface area contributed by atoms with E-state index in [1.807, 2.05) is 55.5 Å². The third-order valence-electron chi connectivity index (χ3n) is 5.31. The van der Waals surface area contributed by atoms with Crippen molar-refractivity contribution in [3.8, 4) is 17.6 Å². The number of guanidine groups is 1. The number of hydrogen-bond donors (Lipinski definition) is 2. The number of nitriles is 1. The third-order valence-corrected chi connectivity index (χ3v) is 5.31. The molecule has 7 heteroatoms. The number of ether oxygens (including phenoxy) is 2. The van der Waals surface area contributed by atoms with Crippen LogP contribution in [0.25, 0.3) is 0 Å². The van der Waals surface area contributed by atoms with Gasteiger partial charge in [-0.3, -0.25) is 4.99 Å². The van der Waals surface area contributed by atoms with Gasteiger partial charge in [0.25, 0.3) is 0 Å². The van der Waals surface area contributed by atoms with Gasteiger partial charge in [-0.15, -0.1) is 0 Å². The van der Waals surface area contributed by atoms with Crippen molar-refractivity contribution in [1.82, 2.24) is 10.6 Å². The lowest BCUT2D eigenvalue weighted by Gasteiger charge is -2.36. The molecule has 3 rings (SSSR count). The number of aliphatic imine (C=N–C) groups is 1. The molecule has 1 aliphatic rings. The maximum Gasteiger partial charge on any atom is 0.191 e. The molecule has 0 radical (unpaired) electrons. The highest BCUT2D eigenvalue weighted by molar-refractivity contribution is 5.80. The van der Waals surface area contributed by atoms with Crippen LogP contribution in [0.3, 0.4) is 0 Å². The standard InChI is InChI=1S/C24H31N5O2/c1-18(31-23-13-7-6-12-22(23)30-3)16-27-24(26-2)28-20-10-8-14-29(17-20)21-11-5-4-9-19(21)15-25/h4-7,9,11-13,18,20H,8,10,14,16-17H2,1-3H3,(H2,26,27,28). The molecule has 1 fully saturated rings. The summed E-state index contributed by atoms with van der Waals surface area (Å²) in [5.74, 6) is 2.19. The number of benzene rings is 2. The highest BCUT2D eigenvalue weighted by Gasteiger charge is 2.22. The van der Waals surface area contributed by atoms with E-state index in [0.29, 0.717) is 12.1 Å². The second-order valence-corrected chi connectivity index (χ2v) is 7.59. The van der Waals surface area contributed by atoms with Gasteiger partial charge in [0.05, 0.1) is 24.9 Å². The minimum absolute atomic E-state index is 0.0693. The van der Waals surface area contributed by atoms with Crippen LogP contribution in [0.15, 0.2) is 53.5 Å². The van der Waals surface area contributed by atoms with E-state index in [4.69, 9.17) is 9.47 Å². The van der Waals surface area contributed by atoms with E-state index >= 15 is 0 Å². The maximum absolute atomic E-state index is 9.42. The Labute approximate surface area is 184 Å². The average Bonchev–Trinajstić information content (AvgIpc) is 2.82. The Hall–Kier alpha value is -3.40. The first-order valence-electron chi connectivity index (χ1n) is 10.7. The van der Waals surface area contributed by atoms with Crippen LogP contribution in [0, 0.1) is 11.3 Å². The molecule has 2 N–H and O–H groups in total. The number of hydrogen-bond acceptors (Lipinski definition) is 5.